The van der Waals surface area contributed by atoms with Gasteiger partial charge in [0.25, 0.3) is 0 Å². The third-order valence-corrected chi connectivity index (χ3v) is 16.4. The molecule has 0 radical (unpaired) electrons. The molecule has 0 nitrogen and oxygen atoms in total. The van der Waals surface area contributed by atoms with E-state index >= 15 is 0 Å². The molecule has 0 aliphatic heterocycles. The number of hydrogen-bond donors (Lipinski definition) is 0. The Morgan fingerprint density at radius 2 is 0.568 bits per heavy atom. The Bertz CT molecular complexity index is 2100. The van der Waals surface area contributed by atoms with Crippen molar-refractivity contribution >= 4 is 90.5 Å². The molecule has 0 atom stereocenters. The average Bonchev–Trinajstić information content (AvgIpc) is 3.11. The van der Waals surface area contributed by atoms with Gasteiger partial charge in [-0.05, 0) is 77.9 Å². The quantitative estimate of drug-likeness (QED) is 0.134. The topological polar surface area (TPSA) is 0 Å². The predicted octanol–water partition coefficient (Wildman–Crippen LogP) is 8.04. The Kier molecular flexibility index (Phi) is 6.46. The van der Waals surface area contributed by atoms with Crippen LogP contribution in [0.4, 0.5) is 0 Å². The molecular formula is C42H32P2. The van der Waals surface area contributed by atoms with Crippen molar-refractivity contribution in [2.75, 3.05) is 0 Å². The van der Waals surface area contributed by atoms with Gasteiger partial charge in [-0.1, -0.05) is 182 Å². The Hall–Kier alpha value is -4.60. The first-order valence-corrected chi connectivity index (χ1v) is 19.0. The minimum absolute atomic E-state index is 1.26. The van der Waals surface area contributed by atoms with Gasteiger partial charge in [0.15, 0.2) is 0 Å². The number of rotatable bonds is 6. The Morgan fingerprint density at radius 1 is 0.295 bits per heavy atom. The molecule has 0 aromatic heterocycles. The van der Waals surface area contributed by atoms with Gasteiger partial charge in [-0.25, -0.2) is 0 Å². The molecule has 0 amide bonds. The maximum Gasteiger partial charge on any atom is -0.00199 e. The zero-order valence-corrected chi connectivity index (χ0v) is 26.3. The van der Waals surface area contributed by atoms with Crippen LogP contribution in [-0.2, 0) is 0 Å². The summed E-state index contributed by atoms with van der Waals surface area (Å²) in [6, 6.07) is 62.2. The summed E-state index contributed by atoms with van der Waals surface area (Å²) in [4.78, 5) is 0. The lowest BCUT2D eigenvalue weighted by molar-refractivity contribution is 1.75. The summed E-state index contributed by atoms with van der Waals surface area (Å²) >= 11 is 0. The molecule has 210 valence electrons. The Morgan fingerprint density at radius 3 is 0.864 bits per heavy atom. The zero-order valence-electron chi connectivity index (χ0n) is 24.5. The van der Waals surface area contributed by atoms with E-state index in [1.165, 1.54) is 64.1 Å². The maximum atomic E-state index is 5.11. The smallest absolute Gasteiger partial charge is 0.00199 e. The molecule has 8 rings (SSSR count). The highest BCUT2D eigenvalue weighted by molar-refractivity contribution is 7.94. The Labute approximate surface area is 259 Å². The van der Waals surface area contributed by atoms with Gasteiger partial charge in [0, 0.05) is 0 Å². The third-order valence-electron chi connectivity index (χ3n) is 9.23. The zero-order chi connectivity index (χ0) is 29.7. The van der Waals surface area contributed by atoms with Crippen LogP contribution in [0, 0.1) is 0 Å². The van der Waals surface area contributed by atoms with E-state index in [0.717, 1.165) is 0 Å². The summed E-state index contributed by atoms with van der Waals surface area (Å²) < 4.78 is 0. The summed E-state index contributed by atoms with van der Waals surface area (Å²) in [5.74, 6) is 0. The molecule has 0 unspecified atom stereocenters. The van der Waals surface area contributed by atoms with E-state index in [4.69, 9.17) is 12.6 Å². The van der Waals surface area contributed by atoms with Crippen LogP contribution in [0.2, 0.25) is 0 Å². The van der Waals surface area contributed by atoms with Gasteiger partial charge in [-0.15, -0.1) is 0 Å². The van der Waals surface area contributed by atoms with Gasteiger partial charge in [0.05, 0.1) is 0 Å². The molecule has 0 heterocycles. The van der Waals surface area contributed by atoms with Crippen molar-refractivity contribution in [2.45, 2.75) is 0 Å². The fourth-order valence-corrected chi connectivity index (χ4v) is 13.3. The first-order valence-electron chi connectivity index (χ1n) is 15.0. The lowest BCUT2D eigenvalue weighted by Gasteiger charge is -2.30. The van der Waals surface area contributed by atoms with Gasteiger partial charge >= 0.3 is 0 Å². The molecule has 0 N–H and O–H groups in total. The molecule has 0 spiro atoms. The molecule has 0 saturated carbocycles. The standard InChI is InChI=1S/C42H32P2/c1-43(33-15-7-3-8-16-33,34-17-9-4-10-18-34)39-29-25-31-24-28-38-40(30-26-32-23-27-37(39)41(31)42(32)38)44(2,35-19-11-5-12-20-35)36-21-13-6-14-22-36/h3-30H,1-2H2. The van der Waals surface area contributed by atoms with Crippen LogP contribution >= 0.6 is 13.8 Å². The second kappa shape index (κ2) is 10.5. The molecule has 0 bridgehead atoms. The van der Waals surface area contributed by atoms with Crippen LogP contribution in [0.5, 0.6) is 0 Å². The number of hydrogen-bond acceptors (Lipinski definition) is 0. The molecule has 0 aliphatic rings. The highest BCUT2D eigenvalue weighted by Crippen LogP contribution is 2.48. The first kappa shape index (κ1) is 27.0. The normalized spacial score (nSPS) is 12.3. The summed E-state index contributed by atoms with van der Waals surface area (Å²) in [7, 11) is 0. The summed E-state index contributed by atoms with van der Waals surface area (Å²) in [6.07, 6.45) is 10.2. The van der Waals surface area contributed by atoms with Crippen LogP contribution < -0.4 is 31.8 Å². The summed E-state index contributed by atoms with van der Waals surface area (Å²) in [5.41, 5.74) is 0. The molecule has 0 saturated heterocycles. The minimum Gasteiger partial charge on any atom is -0.0887 e. The maximum absolute atomic E-state index is 5.11. The monoisotopic (exact) mass is 598 g/mol. The average molecular weight is 599 g/mol. The lowest BCUT2D eigenvalue weighted by atomic mass is 9.94. The van der Waals surface area contributed by atoms with Gasteiger partial charge in [-0.2, -0.15) is 0 Å². The fourth-order valence-electron chi connectivity index (χ4n) is 7.02. The molecular weight excluding hydrogens is 566 g/mol. The molecule has 8 aromatic carbocycles. The van der Waals surface area contributed by atoms with E-state index in [2.05, 4.69) is 170 Å². The first-order chi connectivity index (χ1) is 21.6. The van der Waals surface area contributed by atoms with E-state index in [9.17, 15) is 0 Å². The van der Waals surface area contributed by atoms with Crippen molar-refractivity contribution in [1.82, 2.24) is 0 Å². The second-order valence-corrected chi connectivity index (χ2v) is 17.8. The molecule has 0 fully saturated rings. The lowest BCUT2D eigenvalue weighted by Crippen LogP contribution is -2.26. The largest absolute Gasteiger partial charge is 0.0887 e. The molecule has 2 heteroatoms. The van der Waals surface area contributed by atoms with Crippen molar-refractivity contribution in [2.24, 2.45) is 0 Å². The van der Waals surface area contributed by atoms with Gasteiger partial charge in [0.1, 0.15) is 0 Å². The van der Waals surface area contributed by atoms with Crippen LogP contribution in [0.15, 0.2) is 170 Å². The van der Waals surface area contributed by atoms with E-state index in [1.807, 2.05) is 0 Å². The highest BCUT2D eigenvalue weighted by atomic mass is 31.2. The third kappa shape index (κ3) is 3.99. The molecule has 44 heavy (non-hydrogen) atoms. The van der Waals surface area contributed by atoms with Crippen molar-refractivity contribution < 1.29 is 0 Å². The Balaban J connectivity index is 1.48. The van der Waals surface area contributed by atoms with Crippen molar-refractivity contribution in [1.29, 1.82) is 0 Å². The van der Waals surface area contributed by atoms with E-state index in [0.29, 0.717) is 0 Å². The van der Waals surface area contributed by atoms with E-state index in [-0.39, 0.29) is 0 Å². The van der Waals surface area contributed by atoms with Crippen LogP contribution in [0.1, 0.15) is 0 Å². The fraction of sp³-hybridized carbons (Fsp3) is 0. The van der Waals surface area contributed by atoms with Crippen molar-refractivity contribution in [3.05, 3.63) is 170 Å². The summed E-state index contributed by atoms with van der Waals surface area (Å²) in [5, 5.41) is 15.6. The molecule has 0 aliphatic carbocycles. The second-order valence-electron chi connectivity index (χ2n) is 11.6. The van der Waals surface area contributed by atoms with Crippen LogP contribution in [0.3, 0.4) is 0 Å². The van der Waals surface area contributed by atoms with Gasteiger partial charge in [0.2, 0.25) is 0 Å². The number of benzene rings is 8. The van der Waals surface area contributed by atoms with E-state index < -0.39 is 13.8 Å². The van der Waals surface area contributed by atoms with Crippen LogP contribution in [-0.4, -0.2) is 12.6 Å². The predicted molar refractivity (Wildman–Crippen MR) is 202 cm³/mol. The van der Waals surface area contributed by atoms with Crippen LogP contribution in [0.25, 0.3) is 32.3 Å². The SMILES string of the molecule is C=P(c1ccccc1)(c1ccccc1)c1ccc2ccc3c(P(=C)(c4ccccc4)c4ccccc4)ccc4ccc1c2c43. The van der Waals surface area contributed by atoms with Gasteiger partial charge < -0.3 is 0 Å². The van der Waals surface area contributed by atoms with Crippen molar-refractivity contribution in [3.63, 3.8) is 0 Å². The summed E-state index contributed by atoms with van der Waals surface area (Å²) in [6.45, 7) is -4.36. The van der Waals surface area contributed by atoms with Crippen molar-refractivity contribution in [3.8, 4) is 0 Å². The van der Waals surface area contributed by atoms with E-state index in [1.54, 1.807) is 0 Å². The minimum atomic E-state index is -2.18. The van der Waals surface area contributed by atoms with Gasteiger partial charge in [-0.3, -0.25) is 0 Å². The highest BCUT2D eigenvalue weighted by Gasteiger charge is 2.28. The molecule has 8 aromatic rings.